The van der Waals surface area contributed by atoms with Gasteiger partial charge in [0.05, 0.1) is 23.7 Å². The number of fused-ring (bicyclic) bond motifs is 1. The van der Waals surface area contributed by atoms with Gasteiger partial charge in [-0.1, -0.05) is 35.9 Å². The van der Waals surface area contributed by atoms with Gasteiger partial charge < -0.3 is 0 Å². The molecule has 0 spiro atoms. The highest BCUT2D eigenvalue weighted by Gasteiger charge is 2.56. The third kappa shape index (κ3) is 3.47. The van der Waals surface area contributed by atoms with Gasteiger partial charge in [0.1, 0.15) is 0 Å². The van der Waals surface area contributed by atoms with Crippen molar-refractivity contribution < 1.29 is 14.4 Å². The van der Waals surface area contributed by atoms with Crippen LogP contribution in [0.3, 0.4) is 0 Å². The Kier molecular flexibility index (Phi) is 4.94. The first-order valence-corrected chi connectivity index (χ1v) is 10.7. The average Bonchev–Trinajstić information content (AvgIpc) is 3.08. The number of hydrogen-bond acceptors (Lipinski definition) is 4. The van der Waals surface area contributed by atoms with Gasteiger partial charge in [-0.3, -0.25) is 19.3 Å². The summed E-state index contributed by atoms with van der Waals surface area (Å²) in [6.07, 6.45) is 7.65. The van der Waals surface area contributed by atoms with Crippen LogP contribution in [0.1, 0.15) is 28.8 Å². The van der Waals surface area contributed by atoms with Gasteiger partial charge in [0.15, 0.2) is 0 Å². The van der Waals surface area contributed by atoms with Crippen molar-refractivity contribution in [3.05, 3.63) is 76.8 Å². The molecule has 1 saturated carbocycles. The maximum absolute atomic E-state index is 13.0. The highest BCUT2D eigenvalue weighted by atomic mass is 35.5. The van der Waals surface area contributed by atoms with E-state index in [-0.39, 0.29) is 41.4 Å². The van der Waals surface area contributed by atoms with Crippen molar-refractivity contribution >= 4 is 41.2 Å². The van der Waals surface area contributed by atoms with Gasteiger partial charge in [0, 0.05) is 10.6 Å². The Balaban J connectivity index is 1.28. The Labute approximate surface area is 184 Å². The highest BCUT2D eigenvalue weighted by molar-refractivity contribution is 6.30. The fraction of sp³-hybridized carbons (Fsp3) is 0.250. The average molecular weight is 434 g/mol. The maximum Gasteiger partial charge on any atom is 0.271 e. The molecule has 1 heterocycles. The van der Waals surface area contributed by atoms with Gasteiger partial charge in [-0.2, -0.15) is 5.10 Å². The molecule has 2 aromatic carbocycles. The van der Waals surface area contributed by atoms with Gasteiger partial charge in [0.2, 0.25) is 11.8 Å². The summed E-state index contributed by atoms with van der Waals surface area (Å²) in [7, 11) is 0. The largest absolute Gasteiger partial charge is 0.274 e. The minimum Gasteiger partial charge on any atom is -0.274 e. The van der Waals surface area contributed by atoms with Gasteiger partial charge >= 0.3 is 0 Å². The van der Waals surface area contributed by atoms with Crippen LogP contribution < -0.4 is 10.3 Å². The lowest BCUT2D eigenvalue weighted by Crippen LogP contribution is -2.38. The molecular formula is C24H20ClN3O3. The van der Waals surface area contributed by atoms with Gasteiger partial charge in [-0.15, -0.1) is 0 Å². The molecule has 2 aromatic rings. The second-order valence-corrected chi connectivity index (χ2v) is 8.59. The van der Waals surface area contributed by atoms with Crippen LogP contribution in [-0.2, 0) is 9.59 Å². The van der Waals surface area contributed by atoms with E-state index in [9.17, 15) is 14.4 Å². The van der Waals surface area contributed by atoms with E-state index in [1.807, 2.05) is 0 Å². The van der Waals surface area contributed by atoms with E-state index in [1.165, 1.54) is 11.1 Å². The summed E-state index contributed by atoms with van der Waals surface area (Å²) in [6.45, 7) is 0. The molecule has 1 N–H and O–H groups in total. The Hall–Kier alpha value is -3.25. The van der Waals surface area contributed by atoms with Crippen LogP contribution in [-0.4, -0.2) is 23.9 Å². The minimum atomic E-state index is -0.383. The predicted octanol–water partition coefficient (Wildman–Crippen LogP) is 3.81. The number of nitrogens with one attached hydrogen (secondary N) is 1. The van der Waals surface area contributed by atoms with Crippen LogP contribution in [0.2, 0.25) is 5.02 Å². The van der Waals surface area contributed by atoms with Crippen LogP contribution in [0.5, 0.6) is 0 Å². The first-order valence-electron chi connectivity index (χ1n) is 10.3. The molecule has 156 valence electrons. The zero-order valence-corrected chi connectivity index (χ0v) is 17.3. The Morgan fingerprint density at radius 1 is 0.935 bits per heavy atom. The molecule has 6 nitrogen and oxygen atoms in total. The number of halogens is 1. The van der Waals surface area contributed by atoms with Crippen LogP contribution in [0.25, 0.3) is 0 Å². The van der Waals surface area contributed by atoms with Crippen molar-refractivity contribution in [3.63, 3.8) is 0 Å². The number of carbonyl (C=O) groups is 3. The molecule has 1 saturated heterocycles. The quantitative estimate of drug-likeness (QED) is 0.344. The monoisotopic (exact) mass is 433 g/mol. The molecule has 31 heavy (non-hydrogen) atoms. The van der Waals surface area contributed by atoms with E-state index in [2.05, 4.69) is 22.7 Å². The third-order valence-electron chi connectivity index (χ3n) is 6.40. The first kappa shape index (κ1) is 19.7. The molecule has 1 aliphatic heterocycles. The summed E-state index contributed by atoms with van der Waals surface area (Å²) in [4.78, 5) is 39.7. The zero-order valence-electron chi connectivity index (χ0n) is 16.6. The van der Waals surface area contributed by atoms with Crippen molar-refractivity contribution in [1.82, 2.24) is 5.43 Å². The van der Waals surface area contributed by atoms with E-state index in [1.54, 1.807) is 48.5 Å². The lowest BCUT2D eigenvalue weighted by molar-refractivity contribution is -0.124. The minimum absolute atomic E-state index is 0.126. The second-order valence-electron chi connectivity index (χ2n) is 8.15. The van der Waals surface area contributed by atoms with E-state index < -0.39 is 0 Å². The van der Waals surface area contributed by atoms with Crippen molar-refractivity contribution in [2.24, 2.45) is 28.8 Å². The van der Waals surface area contributed by atoms with Crippen LogP contribution in [0.4, 0.5) is 5.69 Å². The van der Waals surface area contributed by atoms with E-state index in [4.69, 9.17) is 11.6 Å². The third-order valence-corrected chi connectivity index (χ3v) is 6.65. The van der Waals surface area contributed by atoms with E-state index in [0.717, 1.165) is 18.4 Å². The number of carbonyl (C=O) groups excluding carboxylic acids is 3. The standard InChI is InChI=1S/C24H20ClN3O3/c25-18-9-1-14(2-10-18)13-26-27-22(29)17-7-11-19(12-8-17)28-23(30)20-15-3-4-16(6-5-15)21(20)24(28)31/h1-4,7-13,15-16,20-21H,5-6H2,(H,27,29)/b26-13-/t15-,16-,20-,21-/m0/s1. The molecule has 3 amide bonds. The van der Waals surface area contributed by atoms with Crippen molar-refractivity contribution in [2.45, 2.75) is 12.8 Å². The lowest BCUT2D eigenvalue weighted by atomic mass is 9.63. The smallest absolute Gasteiger partial charge is 0.271 e. The molecule has 6 rings (SSSR count). The van der Waals surface area contributed by atoms with Gasteiger partial charge in [-0.25, -0.2) is 5.43 Å². The summed E-state index contributed by atoms with van der Waals surface area (Å²) < 4.78 is 0. The molecule has 2 bridgehead atoms. The molecule has 7 heteroatoms. The molecule has 3 aliphatic carbocycles. The summed E-state index contributed by atoms with van der Waals surface area (Å²) in [5, 5.41) is 4.58. The Morgan fingerprint density at radius 3 is 2.06 bits per heavy atom. The topological polar surface area (TPSA) is 78.8 Å². The second kappa shape index (κ2) is 7.78. The Bertz CT molecular complexity index is 1080. The summed E-state index contributed by atoms with van der Waals surface area (Å²) in [5.74, 6) is -0.827. The number of nitrogens with zero attached hydrogens (tertiary/aromatic N) is 2. The van der Waals surface area contributed by atoms with E-state index >= 15 is 0 Å². The van der Waals surface area contributed by atoms with Crippen molar-refractivity contribution in [2.75, 3.05) is 4.90 Å². The maximum atomic E-state index is 13.0. The molecule has 2 fully saturated rings. The van der Waals surface area contributed by atoms with Crippen LogP contribution in [0, 0.1) is 23.7 Å². The fourth-order valence-electron chi connectivity index (χ4n) is 4.87. The SMILES string of the molecule is O=C(N/N=C\c1ccc(Cl)cc1)c1ccc(N2C(=O)[C@@H]3[C@@H](C2=O)[C@H]2C=C[C@H]3CC2)cc1. The molecule has 0 aromatic heterocycles. The number of imide groups is 1. The molecular weight excluding hydrogens is 414 g/mol. The van der Waals surface area contributed by atoms with Gasteiger partial charge in [0.25, 0.3) is 5.91 Å². The predicted molar refractivity (Wildman–Crippen MR) is 118 cm³/mol. The first-order chi connectivity index (χ1) is 15.0. The number of anilines is 1. The number of allylic oxidation sites excluding steroid dienone is 2. The number of rotatable bonds is 4. The van der Waals surface area contributed by atoms with E-state index in [0.29, 0.717) is 16.3 Å². The number of amides is 3. The van der Waals surface area contributed by atoms with Gasteiger partial charge in [-0.05, 0) is 66.6 Å². The van der Waals surface area contributed by atoms with Crippen molar-refractivity contribution in [3.8, 4) is 0 Å². The number of benzene rings is 2. The Morgan fingerprint density at radius 2 is 1.52 bits per heavy atom. The zero-order chi connectivity index (χ0) is 21.5. The molecule has 4 atom stereocenters. The summed E-state index contributed by atoms with van der Waals surface area (Å²) >= 11 is 5.84. The van der Waals surface area contributed by atoms with Crippen LogP contribution in [0.15, 0.2) is 65.8 Å². The molecule has 0 unspecified atom stereocenters. The fourth-order valence-corrected chi connectivity index (χ4v) is 5.00. The molecule has 0 radical (unpaired) electrons. The van der Waals surface area contributed by atoms with Crippen LogP contribution >= 0.6 is 11.6 Å². The number of hydrazone groups is 1. The highest BCUT2D eigenvalue weighted by Crippen LogP contribution is 2.50. The number of hydrogen-bond donors (Lipinski definition) is 1. The van der Waals surface area contributed by atoms with Crippen molar-refractivity contribution in [1.29, 1.82) is 0 Å². The molecule has 4 aliphatic rings. The summed E-state index contributed by atoms with van der Waals surface area (Å²) in [5.41, 5.74) is 4.16. The lowest BCUT2D eigenvalue weighted by Gasteiger charge is -2.38. The normalized spacial score (nSPS) is 26.5. The summed E-state index contributed by atoms with van der Waals surface area (Å²) in [6, 6.07) is 13.5.